The van der Waals surface area contributed by atoms with Crippen LogP contribution in [0.4, 0.5) is 0 Å². The quantitative estimate of drug-likeness (QED) is 0.600. The number of hydrogen-bond acceptors (Lipinski definition) is 3. The highest BCUT2D eigenvalue weighted by atomic mass is 16.5. The molecule has 0 radical (unpaired) electrons. The van der Waals surface area contributed by atoms with Gasteiger partial charge in [-0.15, -0.1) is 0 Å². The first-order valence-electron chi connectivity index (χ1n) is 6.56. The van der Waals surface area contributed by atoms with Gasteiger partial charge in [0.15, 0.2) is 0 Å². The third-order valence-corrected chi connectivity index (χ3v) is 3.72. The molecule has 1 aromatic rings. The summed E-state index contributed by atoms with van der Waals surface area (Å²) in [7, 11) is 1.65. The van der Waals surface area contributed by atoms with Gasteiger partial charge < -0.3 is 4.74 Å². The van der Waals surface area contributed by atoms with Crippen molar-refractivity contribution in [2.45, 2.75) is 38.1 Å². The minimum absolute atomic E-state index is 0.0575. The molecule has 2 rings (SSSR count). The number of benzene rings is 1. The molecule has 1 aliphatic rings. The minimum atomic E-state index is -0.0575. The van der Waals surface area contributed by atoms with Gasteiger partial charge in [-0.1, -0.05) is 31.4 Å². The van der Waals surface area contributed by atoms with Gasteiger partial charge in [0.2, 0.25) is 6.08 Å². The molecule has 0 aliphatic heterocycles. The van der Waals surface area contributed by atoms with Crippen molar-refractivity contribution in [3.8, 4) is 5.75 Å². The van der Waals surface area contributed by atoms with Crippen molar-refractivity contribution in [3.63, 3.8) is 0 Å². The predicted molar refractivity (Wildman–Crippen MR) is 70.4 cm³/mol. The van der Waals surface area contributed by atoms with Crippen LogP contribution in [0.2, 0.25) is 0 Å². The molecule has 0 heterocycles. The Labute approximate surface area is 108 Å². The third kappa shape index (κ3) is 2.99. The molecular weight excluding hydrogens is 226 g/mol. The van der Waals surface area contributed by atoms with Crippen LogP contribution in [0.1, 0.15) is 43.7 Å². The Morgan fingerprint density at radius 3 is 2.78 bits per heavy atom. The smallest absolute Gasteiger partial charge is 0.235 e. The standard InChI is InChI=1S/C15H19NO2/c1-18-14-9-5-8-13(10-14)15(16-11-17)12-6-3-2-4-7-12/h5,8-10,12,15H,2-4,6-7H2,1H3. The third-order valence-electron chi connectivity index (χ3n) is 3.72. The van der Waals surface area contributed by atoms with Crippen molar-refractivity contribution in [3.05, 3.63) is 29.8 Å². The number of methoxy groups -OCH3 is 1. The molecule has 1 atom stereocenters. The van der Waals surface area contributed by atoms with E-state index in [1.165, 1.54) is 19.3 Å². The summed E-state index contributed by atoms with van der Waals surface area (Å²) >= 11 is 0. The average Bonchev–Trinajstić information content (AvgIpc) is 2.46. The largest absolute Gasteiger partial charge is 0.497 e. The highest BCUT2D eigenvalue weighted by Crippen LogP contribution is 2.37. The highest BCUT2D eigenvalue weighted by Gasteiger charge is 2.25. The maximum atomic E-state index is 10.7. The Bertz CT molecular complexity index is 432. The lowest BCUT2D eigenvalue weighted by Gasteiger charge is -2.27. The van der Waals surface area contributed by atoms with Crippen LogP contribution in [0.3, 0.4) is 0 Å². The Hall–Kier alpha value is -1.60. The summed E-state index contributed by atoms with van der Waals surface area (Å²) < 4.78 is 5.23. The molecule has 1 fully saturated rings. The van der Waals surface area contributed by atoms with Crippen LogP contribution in [0.25, 0.3) is 0 Å². The summed E-state index contributed by atoms with van der Waals surface area (Å²) in [6, 6.07) is 7.79. The summed E-state index contributed by atoms with van der Waals surface area (Å²) in [5.41, 5.74) is 1.06. The van der Waals surface area contributed by atoms with E-state index in [4.69, 9.17) is 4.74 Å². The van der Waals surface area contributed by atoms with Gasteiger partial charge >= 0.3 is 0 Å². The maximum absolute atomic E-state index is 10.7. The summed E-state index contributed by atoms with van der Waals surface area (Å²) in [6.45, 7) is 0. The predicted octanol–water partition coefficient (Wildman–Crippen LogP) is 3.65. The highest BCUT2D eigenvalue weighted by molar-refractivity contribution is 5.37. The number of carbonyl (C=O) groups excluding carboxylic acids is 1. The lowest BCUT2D eigenvalue weighted by Crippen LogP contribution is -2.14. The lowest BCUT2D eigenvalue weighted by molar-refractivity contribution is 0.308. The number of ether oxygens (including phenoxy) is 1. The number of nitrogens with zero attached hydrogens (tertiary/aromatic N) is 1. The zero-order valence-corrected chi connectivity index (χ0v) is 10.8. The molecule has 3 heteroatoms. The second-order valence-corrected chi connectivity index (χ2v) is 4.84. The monoisotopic (exact) mass is 245 g/mol. The van der Waals surface area contributed by atoms with Gasteiger partial charge in [-0.2, -0.15) is 4.99 Å². The average molecular weight is 245 g/mol. The van der Waals surface area contributed by atoms with E-state index in [0.29, 0.717) is 5.92 Å². The fourth-order valence-corrected chi connectivity index (χ4v) is 2.78. The zero-order valence-electron chi connectivity index (χ0n) is 10.8. The van der Waals surface area contributed by atoms with E-state index in [2.05, 4.69) is 4.99 Å². The molecule has 0 saturated heterocycles. The maximum Gasteiger partial charge on any atom is 0.235 e. The van der Waals surface area contributed by atoms with Gasteiger partial charge in [-0.05, 0) is 36.5 Å². The summed E-state index contributed by atoms with van der Waals surface area (Å²) in [6.07, 6.45) is 7.80. The van der Waals surface area contributed by atoms with E-state index in [1.54, 1.807) is 13.2 Å². The van der Waals surface area contributed by atoms with Gasteiger partial charge in [0.05, 0.1) is 13.2 Å². The van der Waals surface area contributed by atoms with E-state index < -0.39 is 0 Å². The number of rotatable bonds is 4. The first-order valence-corrected chi connectivity index (χ1v) is 6.56. The molecule has 0 bridgehead atoms. The van der Waals surface area contributed by atoms with Gasteiger partial charge in [0.25, 0.3) is 0 Å². The topological polar surface area (TPSA) is 38.7 Å². The molecule has 0 spiro atoms. The van der Waals surface area contributed by atoms with Gasteiger partial charge in [-0.25, -0.2) is 4.79 Å². The zero-order chi connectivity index (χ0) is 12.8. The van der Waals surface area contributed by atoms with Crippen LogP contribution in [0, 0.1) is 5.92 Å². The second-order valence-electron chi connectivity index (χ2n) is 4.84. The van der Waals surface area contributed by atoms with Crippen LogP contribution in [0.15, 0.2) is 29.3 Å². The van der Waals surface area contributed by atoms with Crippen molar-refractivity contribution >= 4 is 6.08 Å². The summed E-state index contributed by atoms with van der Waals surface area (Å²) in [4.78, 5) is 14.7. The molecule has 3 nitrogen and oxygen atoms in total. The summed E-state index contributed by atoms with van der Waals surface area (Å²) in [5.74, 6) is 1.28. The first kappa shape index (κ1) is 12.8. The summed E-state index contributed by atoms with van der Waals surface area (Å²) in [5, 5.41) is 0. The van der Waals surface area contributed by atoms with Gasteiger partial charge in [0, 0.05) is 0 Å². The molecule has 18 heavy (non-hydrogen) atoms. The first-order chi connectivity index (χ1) is 8.85. The molecule has 0 N–H and O–H groups in total. The number of aliphatic imine (C=N–C) groups is 1. The second kappa shape index (κ2) is 6.36. The normalized spacial score (nSPS) is 17.8. The van der Waals surface area contributed by atoms with Crippen molar-refractivity contribution in [1.82, 2.24) is 0 Å². The van der Waals surface area contributed by atoms with E-state index >= 15 is 0 Å². The van der Waals surface area contributed by atoms with E-state index in [-0.39, 0.29) is 6.04 Å². The van der Waals surface area contributed by atoms with Crippen molar-refractivity contribution < 1.29 is 9.53 Å². The van der Waals surface area contributed by atoms with Crippen LogP contribution in [-0.2, 0) is 4.79 Å². The van der Waals surface area contributed by atoms with Crippen molar-refractivity contribution in [2.24, 2.45) is 10.9 Å². The van der Waals surface area contributed by atoms with Crippen LogP contribution in [0.5, 0.6) is 5.75 Å². The molecule has 0 amide bonds. The minimum Gasteiger partial charge on any atom is -0.497 e. The number of hydrogen-bond donors (Lipinski definition) is 0. The fraction of sp³-hybridized carbons (Fsp3) is 0.533. The SMILES string of the molecule is COc1cccc(C(N=C=O)C2CCCCC2)c1. The van der Waals surface area contributed by atoms with Crippen LogP contribution in [-0.4, -0.2) is 13.2 Å². The Balaban J connectivity index is 2.24. The molecule has 1 aliphatic carbocycles. The van der Waals surface area contributed by atoms with Crippen molar-refractivity contribution in [1.29, 1.82) is 0 Å². The molecule has 0 aromatic heterocycles. The Morgan fingerprint density at radius 2 is 2.11 bits per heavy atom. The molecule has 1 unspecified atom stereocenters. The molecule has 96 valence electrons. The Kier molecular flexibility index (Phi) is 4.54. The van der Waals surface area contributed by atoms with Gasteiger partial charge in [-0.3, -0.25) is 0 Å². The van der Waals surface area contributed by atoms with E-state index in [9.17, 15) is 4.79 Å². The molecule has 1 saturated carbocycles. The van der Waals surface area contributed by atoms with Crippen molar-refractivity contribution in [2.75, 3.05) is 7.11 Å². The van der Waals surface area contributed by atoms with Crippen LogP contribution < -0.4 is 4.74 Å². The number of isocyanates is 1. The van der Waals surface area contributed by atoms with Crippen LogP contribution >= 0.6 is 0 Å². The van der Waals surface area contributed by atoms with E-state index in [0.717, 1.165) is 24.2 Å². The van der Waals surface area contributed by atoms with Gasteiger partial charge in [0.1, 0.15) is 5.75 Å². The molecule has 1 aromatic carbocycles. The lowest BCUT2D eigenvalue weighted by atomic mass is 9.81. The molecular formula is C15H19NO2. The Morgan fingerprint density at radius 1 is 1.33 bits per heavy atom. The van der Waals surface area contributed by atoms with E-state index in [1.807, 2.05) is 24.3 Å². The fourth-order valence-electron chi connectivity index (χ4n) is 2.78.